The predicted molar refractivity (Wildman–Crippen MR) is 158 cm³/mol. The molecule has 1 aliphatic carbocycles. The van der Waals surface area contributed by atoms with Crippen LogP contribution >= 0.6 is 0 Å². The van der Waals surface area contributed by atoms with Crippen LogP contribution in [0.5, 0.6) is 11.6 Å². The fourth-order valence-electron chi connectivity index (χ4n) is 6.20. The van der Waals surface area contributed by atoms with E-state index in [1.807, 2.05) is 19.1 Å². The highest BCUT2D eigenvalue weighted by atomic mass is 16.5. The Morgan fingerprint density at radius 1 is 1.10 bits per heavy atom. The zero-order valence-electron chi connectivity index (χ0n) is 24.4. The minimum Gasteiger partial charge on any atom is -0.485 e. The Labute approximate surface area is 238 Å². The molecule has 212 valence electrons. The summed E-state index contributed by atoms with van der Waals surface area (Å²) in [6.45, 7) is 10.3. The Hall–Kier alpha value is -3.38. The number of hydrogen-bond donors (Lipinski definition) is 1. The number of aromatic nitrogens is 1. The van der Waals surface area contributed by atoms with Gasteiger partial charge in [0.2, 0.25) is 5.88 Å². The van der Waals surface area contributed by atoms with Crippen LogP contribution in [0, 0.1) is 11.8 Å². The van der Waals surface area contributed by atoms with Gasteiger partial charge in [-0.1, -0.05) is 44.2 Å². The zero-order chi connectivity index (χ0) is 28.4. The van der Waals surface area contributed by atoms with E-state index in [2.05, 4.69) is 67.1 Å². The van der Waals surface area contributed by atoms with Gasteiger partial charge < -0.3 is 14.6 Å². The maximum Gasteiger partial charge on any atom is 0.306 e. The molecule has 0 saturated heterocycles. The SMILES string of the molecule is CCN(Cc1cc([C@@H]2CCc3ccc([C@H](C4CC4)[C@H](C)C(=O)O)cc3O2)ccc1-c1ccnc(OC)c1)C(C)C. The third kappa shape index (κ3) is 6.02. The molecule has 0 spiro atoms. The van der Waals surface area contributed by atoms with Crippen molar-refractivity contribution in [2.24, 2.45) is 11.8 Å². The number of carbonyl (C=O) groups is 1. The Morgan fingerprint density at radius 3 is 2.58 bits per heavy atom. The fourth-order valence-corrected chi connectivity index (χ4v) is 6.20. The fraction of sp³-hybridized carbons (Fsp3) is 0.471. The van der Waals surface area contributed by atoms with Gasteiger partial charge in [0.15, 0.2) is 0 Å². The zero-order valence-corrected chi connectivity index (χ0v) is 24.4. The standard InChI is InChI=1S/C34H42N2O4/c1-6-36(21(2)3)20-28-17-26(11-13-29(28)25-15-16-35-32(19-25)39-5)30-14-12-23-7-10-27(18-31(23)40-30)33(24-8-9-24)22(4)34(37)38/h7,10-11,13,15-19,21-22,24,30,33H,6,8-9,12,14,20H2,1-5H3,(H,37,38)/t22-,30-,33-/m0/s1. The summed E-state index contributed by atoms with van der Waals surface area (Å²) in [4.78, 5) is 18.6. The number of carboxylic acids is 1. The van der Waals surface area contributed by atoms with Gasteiger partial charge in [-0.15, -0.1) is 0 Å². The van der Waals surface area contributed by atoms with Crippen molar-refractivity contribution in [3.05, 3.63) is 77.0 Å². The summed E-state index contributed by atoms with van der Waals surface area (Å²) in [5, 5.41) is 9.75. The Balaban J connectivity index is 1.46. The highest BCUT2D eigenvalue weighted by Crippen LogP contribution is 2.48. The second-order valence-electron chi connectivity index (χ2n) is 11.7. The van der Waals surface area contributed by atoms with Crippen molar-refractivity contribution in [1.29, 1.82) is 0 Å². The molecule has 0 radical (unpaired) electrons. The van der Waals surface area contributed by atoms with E-state index in [0.717, 1.165) is 55.6 Å². The van der Waals surface area contributed by atoms with Crippen LogP contribution in [0.3, 0.4) is 0 Å². The van der Waals surface area contributed by atoms with E-state index in [0.29, 0.717) is 17.8 Å². The number of benzene rings is 2. The van der Waals surface area contributed by atoms with E-state index in [9.17, 15) is 9.90 Å². The lowest BCUT2D eigenvalue weighted by molar-refractivity contribution is -0.142. The lowest BCUT2D eigenvalue weighted by atomic mass is 9.82. The number of fused-ring (bicyclic) bond motifs is 1. The van der Waals surface area contributed by atoms with Crippen LogP contribution in [0.25, 0.3) is 11.1 Å². The lowest BCUT2D eigenvalue weighted by Gasteiger charge is -2.30. The van der Waals surface area contributed by atoms with Crippen molar-refractivity contribution in [3.63, 3.8) is 0 Å². The van der Waals surface area contributed by atoms with E-state index in [1.165, 1.54) is 22.3 Å². The van der Waals surface area contributed by atoms with Gasteiger partial charge in [0.25, 0.3) is 0 Å². The molecule has 3 aromatic rings. The average molecular weight is 543 g/mol. The number of ether oxygens (including phenoxy) is 2. The van der Waals surface area contributed by atoms with Gasteiger partial charge in [-0.25, -0.2) is 4.98 Å². The van der Waals surface area contributed by atoms with Crippen molar-refractivity contribution in [2.75, 3.05) is 13.7 Å². The van der Waals surface area contributed by atoms with E-state index < -0.39 is 11.9 Å². The number of aryl methyl sites for hydroxylation is 1. The van der Waals surface area contributed by atoms with Gasteiger partial charge in [-0.3, -0.25) is 9.69 Å². The van der Waals surface area contributed by atoms with Crippen molar-refractivity contribution in [2.45, 2.75) is 78.0 Å². The molecule has 1 aromatic heterocycles. The summed E-state index contributed by atoms with van der Waals surface area (Å²) in [5.41, 5.74) is 7.00. The van der Waals surface area contributed by atoms with Crippen molar-refractivity contribution >= 4 is 5.97 Å². The Kier molecular flexibility index (Phi) is 8.46. The maximum atomic E-state index is 11.9. The predicted octanol–water partition coefficient (Wildman–Crippen LogP) is 7.27. The first-order chi connectivity index (χ1) is 19.3. The largest absolute Gasteiger partial charge is 0.485 e. The molecular formula is C34H42N2O4. The van der Waals surface area contributed by atoms with Crippen LogP contribution in [-0.4, -0.2) is 40.7 Å². The van der Waals surface area contributed by atoms with E-state index >= 15 is 0 Å². The summed E-state index contributed by atoms with van der Waals surface area (Å²) in [6, 6.07) is 17.6. The number of rotatable bonds is 11. The van der Waals surface area contributed by atoms with E-state index in [1.54, 1.807) is 13.3 Å². The monoisotopic (exact) mass is 542 g/mol. The van der Waals surface area contributed by atoms with Gasteiger partial charge in [0.1, 0.15) is 11.9 Å². The van der Waals surface area contributed by atoms with Crippen LogP contribution in [0.4, 0.5) is 0 Å². The summed E-state index contributed by atoms with van der Waals surface area (Å²) in [5.74, 6) is 0.857. The Bertz CT molecular complexity index is 1350. The Morgan fingerprint density at radius 2 is 1.90 bits per heavy atom. The number of aliphatic carboxylic acids is 1. The molecule has 3 atom stereocenters. The van der Waals surface area contributed by atoms with Crippen LogP contribution in [-0.2, 0) is 17.8 Å². The van der Waals surface area contributed by atoms with Gasteiger partial charge >= 0.3 is 5.97 Å². The number of hydrogen-bond acceptors (Lipinski definition) is 5. The summed E-state index contributed by atoms with van der Waals surface area (Å²) < 4.78 is 12.1. The number of nitrogens with zero attached hydrogens (tertiary/aromatic N) is 2. The smallest absolute Gasteiger partial charge is 0.306 e. The molecule has 1 aliphatic heterocycles. The summed E-state index contributed by atoms with van der Waals surface area (Å²) in [7, 11) is 1.65. The number of carboxylic acid groups (broad SMARTS) is 1. The molecule has 0 bridgehead atoms. The number of pyridine rings is 1. The molecule has 5 rings (SSSR count). The van der Waals surface area contributed by atoms with Crippen LogP contribution in [0.15, 0.2) is 54.7 Å². The second-order valence-corrected chi connectivity index (χ2v) is 11.7. The lowest BCUT2D eigenvalue weighted by Crippen LogP contribution is -2.30. The molecule has 6 heteroatoms. The van der Waals surface area contributed by atoms with Crippen molar-refractivity contribution < 1.29 is 19.4 Å². The first kappa shape index (κ1) is 28.2. The minimum atomic E-state index is -0.727. The van der Waals surface area contributed by atoms with E-state index in [-0.39, 0.29) is 12.0 Å². The highest BCUT2D eigenvalue weighted by Gasteiger charge is 2.39. The number of methoxy groups -OCH3 is 1. The third-order valence-electron chi connectivity index (χ3n) is 8.75. The summed E-state index contributed by atoms with van der Waals surface area (Å²) >= 11 is 0. The molecule has 2 aromatic carbocycles. The molecule has 2 aliphatic rings. The van der Waals surface area contributed by atoms with Crippen LogP contribution in [0.2, 0.25) is 0 Å². The normalized spacial score (nSPS) is 18.2. The average Bonchev–Trinajstić information content (AvgIpc) is 3.80. The molecule has 0 amide bonds. The molecule has 40 heavy (non-hydrogen) atoms. The second kappa shape index (κ2) is 12.0. The van der Waals surface area contributed by atoms with Crippen molar-refractivity contribution in [3.8, 4) is 22.8 Å². The van der Waals surface area contributed by atoms with Gasteiger partial charge in [0, 0.05) is 24.8 Å². The first-order valence-electron chi connectivity index (χ1n) is 14.7. The van der Waals surface area contributed by atoms with Gasteiger partial charge in [0.05, 0.1) is 13.0 Å². The van der Waals surface area contributed by atoms with Crippen molar-refractivity contribution in [1.82, 2.24) is 9.88 Å². The quantitative estimate of drug-likeness (QED) is 0.275. The van der Waals surface area contributed by atoms with E-state index in [4.69, 9.17) is 9.47 Å². The molecule has 6 nitrogen and oxygen atoms in total. The molecule has 1 fully saturated rings. The molecule has 1 saturated carbocycles. The minimum absolute atomic E-state index is 0.0334. The van der Waals surface area contributed by atoms with Crippen LogP contribution < -0.4 is 9.47 Å². The maximum absolute atomic E-state index is 11.9. The first-order valence-corrected chi connectivity index (χ1v) is 14.7. The third-order valence-corrected chi connectivity index (χ3v) is 8.75. The molecule has 1 N–H and O–H groups in total. The molecular weight excluding hydrogens is 500 g/mol. The van der Waals surface area contributed by atoms with Gasteiger partial charge in [-0.05, 0) is 103 Å². The highest BCUT2D eigenvalue weighted by molar-refractivity contribution is 5.71. The van der Waals surface area contributed by atoms with Crippen LogP contribution in [0.1, 0.15) is 81.2 Å². The van der Waals surface area contributed by atoms with Gasteiger partial charge in [-0.2, -0.15) is 0 Å². The summed E-state index contributed by atoms with van der Waals surface area (Å²) in [6.07, 6.45) is 5.80. The molecule has 2 heterocycles. The molecule has 0 unspecified atom stereocenters. The topological polar surface area (TPSA) is 71.9 Å².